The molecule has 0 radical (unpaired) electrons. The van der Waals surface area contributed by atoms with Gasteiger partial charge < -0.3 is 9.73 Å². The van der Waals surface area contributed by atoms with Gasteiger partial charge in [-0.2, -0.15) is 5.26 Å². The number of rotatable bonds is 4. The quantitative estimate of drug-likeness (QED) is 0.791. The van der Waals surface area contributed by atoms with Gasteiger partial charge in [-0.25, -0.2) is 0 Å². The molecule has 0 bridgehead atoms. The summed E-state index contributed by atoms with van der Waals surface area (Å²) in [5.74, 6) is 0.961. The van der Waals surface area contributed by atoms with Crippen molar-refractivity contribution in [3.05, 3.63) is 66.1 Å². The number of nitrogens with zero attached hydrogens (tertiary/aromatic N) is 3. The molecule has 5 nitrogen and oxygen atoms in total. The largest absolute Gasteiger partial charge is 0.419 e. The number of hydrogen-bond acceptors (Lipinski definition) is 5. The van der Waals surface area contributed by atoms with Gasteiger partial charge in [-0.15, -0.1) is 10.2 Å². The van der Waals surface area contributed by atoms with E-state index in [0.717, 1.165) is 11.3 Å². The zero-order chi connectivity index (χ0) is 14.5. The van der Waals surface area contributed by atoms with Gasteiger partial charge in [0.15, 0.2) is 0 Å². The lowest BCUT2D eigenvalue weighted by Crippen LogP contribution is -2.01. The molecule has 1 N–H and O–H groups in total. The first-order valence-electron chi connectivity index (χ1n) is 6.47. The second kappa shape index (κ2) is 5.88. The lowest BCUT2D eigenvalue weighted by Gasteiger charge is -2.04. The van der Waals surface area contributed by atoms with Crippen LogP contribution in [0.5, 0.6) is 0 Å². The molecule has 3 rings (SSSR count). The summed E-state index contributed by atoms with van der Waals surface area (Å²) in [6, 6.07) is 19.0. The number of hydrogen-bond donors (Lipinski definition) is 1. The number of nitriles is 1. The Balaban J connectivity index is 1.72. The van der Waals surface area contributed by atoms with E-state index < -0.39 is 0 Å². The van der Waals surface area contributed by atoms with E-state index in [0.29, 0.717) is 23.9 Å². The van der Waals surface area contributed by atoms with E-state index in [1.807, 2.05) is 48.5 Å². The maximum absolute atomic E-state index is 9.03. The predicted octanol–water partition coefficient (Wildman–Crippen LogP) is 3.22. The Morgan fingerprint density at radius 2 is 1.76 bits per heavy atom. The number of para-hydroxylation sites is 1. The van der Waals surface area contributed by atoms with E-state index in [1.54, 1.807) is 6.07 Å². The molecular weight excluding hydrogens is 264 g/mol. The van der Waals surface area contributed by atoms with Crippen molar-refractivity contribution in [3.63, 3.8) is 0 Å². The SMILES string of the molecule is N#Cc1ccccc1NCc1nnc(-c2ccccc2)o1. The Bertz CT molecular complexity index is 774. The number of benzene rings is 2. The van der Waals surface area contributed by atoms with Crippen LogP contribution in [0.25, 0.3) is 11.5 Å². The molecule has 0 aliphatic heterocycles. The Hall–Kier alpha value is -3.13. The number of aromatic nitrogens is 2. The fourth-order valence-electron chi connectivity index (χ4n) is 1.93. The highest BCUT2D eigenvalue weighted by molar-refractivity contribution is 5.57. The van der Waals surface area contributed by atoms with E-state index in [1.165, 1.54) is 0 Å². The minimum absolute atomic E-state index is 0.374. The Morgan fingerprint density at radius 1 is 1.00 bits per heavy atom. The van der Waals surface area contributed by atoms with Crippen LogP contribution in [-0.2, 0) is 6.54 Å². The summed E-state index contributed by atoms with van der Waals surface area (Å²) in [5, 5.41) is 20.2. The van der Waals surface area contributed by atoms with Gasteiger partial charge in [0.25, 0.3) is 0 Å². The number of anilines is 1. The lowest BCUT2D eigenvalue weighted by molar-refractivity contribution is 0.515. The molecule has 1 aromatic heterocycles. The lowest BCUT2D eigenvalue weighted by atomic mass is 10.2. The predicted molar refractivity (Wildman–Crippen MR) is 78.2 cm³/mol. The van der Waals surface area contributed by atoms with Gasteiger partial charge in [-0.1, -0.05) is 30.3 Å². The zero-order valence-corrected chi connectivity index (χ0v) is 11.2. The normalized spacial score (nSPS) is 10.0. The molecule has 0 spiro atoms. The first-order valence-corrected chi connectivity index (χ1v) is 6.47. The van der Waals surface area contributed by atoms with Crippen molar-refractivity contribution in [1.82, 2.24) is 10.2 Å². The fourth-order valence-corrected chi connectivity index (χ4v) is 1.93. The Kier molecular flexibility index (Phi) is 3.61. The van der Waals surface area contributed by atoms with Gasteiger partial charge in [0.05, 0.1) is 17.8 Å². The molecule has 0 saturated heterocycles. The molecule has 0 saturated carbocycles. The summed E-state index contributed by atoms with van der Waals surface area (Å²) in [4.78, 5) is 0. The van der Waals surface area contributed by atoms with Crippen LogP contribution in [0, 0.1) is 11.3 Å². The van der Waals surface area contributed by atoms with Crippen LogP contribution >= 0.6 is 0 Å². The summed E-state index contributed by atoms with van der Waals surface area (Å²) in [7, 11) is 0. The van der Waals surface area contributed by atoms with E-state index >= 15 is 0 Å². The second-order valence-electron chi connectivity index (χ2n) is 4.38. The van der Waals surface area contributed by atoms with Crippen LogP contribution in [0.3, 0.4) is 0 Å². The summed E-state index contributed by atoms with van der Waals surface area (Å²) >= 11 is 0. The topological polar surface area (TPSA) is 74.7 Å². The van der Waals surface area contributed by atoms with E-state index in [4.69, 9.17) is 9.68 Å². The van der Waals surface area contributed by atoms with Crippen molar-refractivity contribution in [3.8, 4) is 17.5 Å². The van der Waals surface area contributed by atoms with E-state index in [9.17, 15) is 0 Å². The fraction of sp³-hybridized carbons (Fsp3) is 0.0625. The van der Waals surface area contributed by atoms with Crippen molar-refractivity contribution < 1.29 is 4.42 Å². The van der Waals surface area contributed by atoms with Gasteiger partial charge in [0, 0.05) is 5.56 Å². The molecule has 21 heavy (non-hydrogen) atoms. The highest BCUT2D eigenvalue weighted by Gasteiger charge is 2.08. The average molecular weight is 276 g/mol. The van der Waals surface area contributed by atoms with E-state index in [-0.39, 0.29) is 0 Å². The molecule has 0 amide bonds. The summed E-state index contributed by atoms with van der Waals surface area (Å²) in [6.45, 7) is 0.374. The minimum atomic E-state index is 0.374. The maximum atomic E-state index is 9.03. The van der Waals surface area contributed by atoms with Crippen LogP contribution in [0.1, 0.15) is 11.5 Å². The first kappa shape index (κ1) is 12.9. The summed E-state index contributed by atoms with van der Waals surface area (Å²) < 4.78 is 5.60. The first-order chi connectivity index (χ1) is 10.4. The van der Waals surface area contributed by atoms with Crippen LogP contribution in [0.2, 0.25) is 0 Å². The average Bonchev–Trinajstić information content (AvgIpc) is 3.03. The van der Waals surface area contributed by atoms with Gasteiger partial charge >= 0.3 is 0 Å². The molecule has 1 heterocycles. The molecular formula is C16H12N4O. The molecule has 5 heteroatoms. The van der Waals surface area contributed by atoms with Crippen molar-refractivity contribution >= 4 is 5.69 Å². The second-order valence-corrected chi connectivity index (χ2v) is 4.38. The number of nitrogens with one attached hydrogen (secondary N) is 1. The molecule has 0 atom stereocenters. The van der Waals surface area contributed by atoms with Gasteiger partial charge in [0.2, 0.25) is 11.8 Å². The maximum Gasteiger partial charge on any atom is 0.247 e. The van der Waals surface area contributed by atoms with E-state index in [2.05, 4.69) is 21.6 Å². The molecule has 3 aromatic rings. The van der Waals surface area contributed by atoms with Crippen LogP contribution in [-0.4, -0.2) is 10.2 Å². The monoisotopic (exact) mass is 276 g/mol. The van der Waals surface area contributed by atoms with Crippen molar-refractivity contribution in [2.45, 2.75) is 6.54 Å². The van der Waals surface area contributed by atoms with Crippen LogP contribution in [0.4, 0.5) is 5.69 Å². The smallest absolute Gasteiger partial charge is 0.247 e. The highest BCUT2D eigenvalue weighted by atomic mass is 16.4. The minimum Gasteiger partial charge on any atom is -0.419 e. The van der Waals surface area contributed by atoms with Crippen molar-refractivity contribution in [1.29, 1.82) is 5.26 Å². The molecule has 0 unspecified atom stereocenters. The third-order valence-corrected chi connectivity index (χ3v) is 2.97. The van der Waals surface area contributed by atoms with Gasteiger partial charge in [-0.05, 0) is 24.3 Å². The highest BCUT2D eigenvalue weighted by Crippen LogP contribution is 2.18. The van der Waals surface area contributed by atoms with Crippen molar-refractivity contribution in [2.75, 3.05) is 5.32 Å². The van der Waals surface area contributed by atoms with Gasteiger partial charge in [-0.3, -0.25) is 0 Å². The Morgan fingerprint density at radius 3 is 2.57 bits per heavy atom. The van der Waals surface area contributed by atoms with Gasteiger partial charge in [0.1, 0.15) is 6.07 Å². The van der Waals surface area contributed by atoms with Crippen molar-refractivity contribution in [2.24, 2.45) is 0 Å². The van der Waals surface area contributed by atoms with Crippen LogP contribution in [0.15, 0.2) is 59.0 Å². The molecule has 0 aliphatic carbocycles. The molecule has 102 valence electrons. The third-order valence-electron chi connectivity index (χ3n) is 2.97. The zero-order valence-electron chi connectivity index (χ0n) is 11.2. The molecule has 0 fully saturated rings. The molecule has 0 aliphatic rings. The standard InChI is InChI=1S/C16H12N4O/c17-10-13-8-4-5-9-14(13)18-11-15-19-20-16(21-15)12-6-2-1-3-7-12/h1-9,18H,11H2. The third kappa shape index (κ3) is 2.90. The summed E-state index contributed by atoms with van der Waals surface area (Å²) in [6.07, 6.45) is 0. The van der Waals surface area contributed by atoms with Crippen LogP contribution < -0.4 is 5.32 Å². The molecule has 2 aromatic carbocycles. The Labute approximate surface area is 121 Å². The summed E-state index contributed by atoms with van der Waals surface area (Å²) in [5.41, 5.74) is 2.22.